The summed E-state index contributed by atoms with van der Waals surface area (Å²) >= 11 is 0. The maximum absolute atomic E-state index is 3.32. The molecule has 1 aliphatic rings. The third-order valence-corrected chi connectivity index (χ3v) is 1.76. The van der Waals surface area contributed by atoms with Gasteiger partial charge in [-0.25, -0.2) is 0 Å². The Balaban J connectivity index is 2.06. The maximum atomic E-state index is 3.32. The molecule has 0 saturated heterocycles. The van der Waals surface area contributed by atoms with Gasteiger partial charge in [0.05, 0.1) is 0 Å². The fourth-order valence-electron chi connectivity index (χ4n) is 1.33. The van der Waals surface area contributed by atoms with Crippen molar-refractivity contribution in [1.29, 1.82) is 0 Å². The van der Waals surface area contributed by atoms with Crippen LogP contribution in [0, 0.1) is 6.54 Å². The molecule has 1 N–H and O–H groups in total. The Labute approximate surface area is 51.5 Å². The number of rotatable bonds is 2. The van der Waals surface area contributed by atoms with Gasteiger partial charge in [-0.2, -0.15) is 0 Å². The Morgan fingerprint density at radius 1 is 1.38 bits per heavy atom. The Morgan fingerprint density at radius 2 is 2.00 bits per heavy atom. The smallest absolute Gasteiger partial charge is 0.0192 e. The molecule has 0 amide bonds. The average Bonchev–Trinajstić information content (AvgIpc) is 2.19. The SMILES string of the molecule is C[CH]NC1CCCC1. The van der Waals surface area contributed by atoms with Crippen molar-refractivity contribution in [2.75, 3.05) is 0 Å². The summed E-state index contributed by atoms with van der Waals surface area (Å²) in [4.78, 5) is 0. The van der Waals surface area contributed by atoms with Crippen LogP contribution in [-0.4, -0.2) is 6.04 Å². The molecule has 0 heterocycles. The Hall–Kier alpha value is -0.0400. The molecule has 0 atom stereocenters. The Morgan fingerprint density at radius 3 is 2.50 bits per heavy atom. The van der Waals surface area contributed by atoms with Crippen LogP contribution in [-0.2, 0) is 0 Å². The summed E-state index contributed by atoms with van der Waals surface area (Å²) in [7, 11) is 0. The van der Waals surface area contributed by atoms with Gasteiger partial charge in [0.25, 0.3) is 0 Å². The van der Waals surface area contributed by atoms with Crippen LogP contribution >= 0.6 is 0 Å². The third kappa shape index (κ3) is 1.48. The molecule has 1 rings (SSSR count). The molecule has 1 heteroatoms. The molecule has 1 saturated carbocycles. The fraction of sp³-hybridized carbons (Fsp3) is 0.857. The van der Waals surface area contributed by atoms with Crippen LogP contribution in [0.5, 0.6) is 0 Å². The van der Waals surface area contributed by atoms with Crippen molar-refractivity contribution in [2.45, 2.75) is 38.6 Å². The van der Waals surface area contributed by atoms with E-state index in [4.69, 9.17) is 0 Å². The largest absolute Gasteiger partial charge is 0.310 e. The highest BCUT2D eigenvalue weighted by Crippen LogP contribution is 2.17. The normalized spacial score (nSPS) is 22.1. The summed E-state index contributed by atoms with van der Waals surface area (Å²) < 4.78 is 0. The van der Waals surface area contributed by atoms with Gasteiger partial charge in [-0.15, -0.1) is 0 Å². The Bertz CT molecular complexity index is 55.4. The first kappa shape index (κ1) is 6.09. The molecular formula is C7H14N. The van der Waals surface area contributed by atoms with E-state index in [0.29, 0.717) is 0 Å². The first-order chi connectivity index (χ1) is 3.93. The van der Waals surface area contributed by atoms with Gasteiger partial charge < -0.3 is 5.32 Å². The van der Waals surface area contributed by atoms with Gasteiger partial charge in [-0.1, -0.05) is 12.8 Å². The van der Waals surface area contributed by atoms with Crippen LogP contribution in [0.3, 0.4) is 0 Å². The summed E-state index contributed by atoms with van der Waals surface area (Å²) in [6, 6.07) is 0.806. The standard InChI is InChI=1S/C7H14N/c1-2-8-7-5-3-4-6-7/h2,7-8H,3-6H2,1H3. The van der Waals surface area contributed by atoms with Gasteiger partial charge in [0.1, 0.15) is 0 Å². The van der Waals surface area contributed by atoms with E-state index in [1.165, 1.54) is 25.7 Å². The lowest BCUT2D eigenvalue weighted by Gasteiger charge is -2.06. The molecule has 0 aliphatic heterocycles. The summed E-state index contributed by atoms with van der Waals surface area (Å²) in [6.07, 6.45) is 5.60. The number of nitrogens with one attached hydrogen (secondary N) is 1. The van der Waals surface area contributed by atoms with Crippen LogP contribution in [0.25, 0.3) is 0 Å². The molecule has 1 aliphatic carbocycles. The van der Waals surface area contributed by atoms with Crippen molar-refractivity contribution < 1.29 is 0 Å². The second-order valence-electron chi connectivity index (χ2n) is 2.44. The zero-order chi connectivity index (χ0) is 5.82. The maximum Gasteiger partial charge on any atom is 0.0192 e. The van der Waals surface area contributed by atoms with E-state index in [0.717, 1.165) is 6.04 Å². The molecule has 8 heavy (non-hydrogen) atoms. The minimum atomic E-state index is 0.806. The van der Waals surface area contributed by atoms with E-state index in [2.05, 4.69) is 18.8 Å². The van der Waals surface area contributed by atoms with E-state index >= 15 is 0 Å². The lowest BCUT2D eigenvalue weighted by molar-refractivity contribution is 0.580. The Kier molecular flexibility index (Phi) is 2.34. The molecule has 0 aromatic rings. The molecule has 0 aromatic carbocycles. The second kappa shape index (κ2) is 3.08. The minimum absolute atomic E-state index is 0.806. The molecule has 47 valence electrons. The molecule has 1 fully saturated rings. The van der Waals surface area contributed by atoms with Crippen molar-refractivity contribution in [3.63, 3.8) is 0 Å². The average molecular weight is 112 g/mol. The zero-order valence-corrected chi connectivity index (χ0v) is 5.48. The molecule has 1 radical (unpaired) electrons. The number of hydrogen-bond acceptors (Lipinski definition) is 1. The van der Waals surface area contributed by atoms with Crippen molar-refractivity contribution in [3.05, 3.63) is 6.54 Å². The van der Waals surface area contributed by atoms with Gasteiger partial charge in [-0.3, -0.25) is 0 Å². The van der Waals surface area contributed by atoms with Crippen LogP contribution in [0.15, 0.2) is 0 Å². The van der Waals surface area contributed by atoms with Gasteiger partial charge in [0.2, 0.25) is 0 Å². The first-order valence-electron chi connectivity index (χ1n) is 3.47. The van der Waals surface area contributed by atoms with Crippen LogP contribution < -0.4 is 5.32 Å². The predicted octanol–water partition coefficient (Wildman–Crippen LogP) is 1.70. The molecule has 0 bridgehead atoms. The topological polar surface area (TPSA) is 12.0 Å². The van der Waals surface area contributed by atoms with Gasteiger partial charge >= 0.3 is 0 Å². The molecule has 0 spiro atoms. The quantitative estimate of drug-likeness (QED) is 0.573. The zero-order valence-electron chi connectivity index (χ0n) is 5.48. The first-order valence-corrected chi connectivity index (χ1v) is 3.47. The molecule has 0 unspecified atom stereocenters. The molecular weight excluding hydrogens is 98.1 g/mol. The highest BCUT2D eigenvalue weighted by Gasteiger charge is 2.12. The van der Waals surface area contributed by atoms with E-state index in [1.54, 1.807) is 0 Å². The van der Waals surface area contributed by atoms with E-state index in [1.807, 2.05) is 0 Å². The monoisotopic (exact) mass is 112 g/mol. The second-order valence-corrected chi connectivity index (χ2v) is 2.44. The van der Waals surface area contributed by atoms with Crippen LogP contribution in [0.2, 0.25) is 0 Å². The van der Waals surface area contributed by atoms with Crippen molar-refractivity contribution >= 4 is 0 Å². The minimum Gasteiger partial charge on any atom is -0.310 e. The summed E-state index contributed by atoms with van der Waals surface area (Å²) in [5.74, 6) is 0. The van der Waals surface area contributed by atoms with E-state index < -0.39 is 0 Å². The van der Waals surface area contributed by atoms with E-state index in [9.17, 15) is 0 Å². The lowest BCUT2D eigenvalue weighted by Crippen LogP contribution is -2.21. The van der Waals surface area contributed by atoms with E-state index in [-0.39, 0.29) is 0 Å². The van der Waals surface area contributed by atoms with Crippen molar-refractivity contribution in [3.8, 4) is 0 Å². The van der Waals surface area contributed by atoms with Crippen LogP contribution in [0.1, 0.15) is 32.6 Å². The van der Waals surface area contributed by atoms with Gasteiger partial charge in [0, 0.05) is 12.6 Å². The predicted molar refractivity (Wildman–Crippen MR) is 35.4 cm³/mol. The lowest BCUT2D eigenvalue weighted by atomic mass is 10.2. The highest BCUT2D eigenvalue weighted by molar-refractivity contribution is 4.75. The van der Waals surface area contributed by atoms with Crippen LogP contribution in [0.4, 0.5) is 0 Å². The summed E-state index contributed by atoms with van der Waals surface area (Å²) in [6.45, 7) is 4.11. The summed E-state index contributed by atoms with van der Waals surface area (Å²) in [5.41, 5.74) is 0. The fourth-order valence-corrected chi connectivity index (χ4v) is 1.33. The number of hydrogen-bond donors (Lipinski definition) is 1. The van der Waals surface area contributed by atoms with Gasteiger partial charge in [-0.05, 0) is 19.8 Å². The summed E-state index contributed by atoms with van der Waals surface area (Å²) in [5, 5.41) is 3.32. The highest BCUT2D eigenvalue weighted by atomic mass is 14.9. The third-order valence-electron chi connectivity index (χ3n) is 1.76. The molecule has 0 aromatic heterocycles. The van der Waals surface area contributed by atoms with Crippen molar-refractivity contribution in [1.82, 2.24) is 5.32 Å². The van der Waals surface area contributed by atoms with Crippen molar-refractivity contribution in [2.24, 2.45) is 0 Å². The van der Waals surface area contributed by atoms with Gasteiger partial charge in [0.15, 0.2) is 0 Å². The molecule has 1 nitrogen and oxygen atoms in total.